The summed E-state index contributed by atoms with van der Waals surface area (Å²) in [6, 6.07) is 4.99. The molecule has 20 heavy (non-hydrogen) atoms. The minimum atomic E-state index is -3.76. The van der Waals surface area contributed by atoms with Crippen LogP contribution in [0.5, 0.6) is 5.75 Å². The summed E-state index contributed by atoms with van der Waals surface area (Å²) in [4.78, 5) is -0.117. The van der Waals surface area contributed by atoms with Crippen LogP contribution in [-0.4, -0.2) is 34.3 Å². The molecular formula is C12H15F2NO4S. The van der Waals surface area contributed by atoms with Crippen LogP contribution in [0.15, 0.2) is 29.2 Å². The summed E-state index contributed by atoms with van der Waals surface area (Å²) in [5.74, 6) is -0.194. The van der Waals surface area contributed by atoms with Crippen molar-refractivity contribution in [2.24, 2.45) is 0 Å². The number of hydrogen-bond donors (Lipinski definition) is 1. The van der Waals surface area contributed by atoms with Crippen molar-refractivity contribution >= 4 is 10.0 Å². The summed E-state index contributed by atoms with van der Waals surface area (Å²) < 4.78 is 60.1. The number of ether oxygens (including phenoxy) is 2. The molecule has 1 fully saturated rings. The second-order valence-electron chi connectivity index (χ2n) is 4.34. The van der Waals surface area contributed by atoms with E-state index in [9.17, 15) is 17.2 Å². The summed E-state index contributed by atoms with van der Waals surface area (Å²) in [5.41, 5.74) is 0. The Morgan fingerprint density at radius 1 is 1.45 bits per heavy atom. The van der Waals surface area contributed by atoms with Crippen molar-refractivity contribution in [1.82, 2.24) is 4.72 Å². The van der Waals surface area contributed by atoms with Gasteiger partial charge in [0, 0.05) is 19.2 Å². The van der Waals surface area contributed by atoms with Gasteiger partial charge in [-0.05, 0) is 25.0 Å². The van der Waals surface area contributed by atoms with E-state index < -0.39 is 16.6 Å². The maximum absolute atomic E-state index is 12.1. The van der Waals surface area contributed by atoms with Gasteiger partial charge < -0.3 is 9.47 Å². The van der Waals surface area contributed by atoms with Crippen molar-refractivity contribution < 1.29 is 26.7 Å². The lowest BCUT2D eigenvalue weighted by Gasteiger charge is -2.12. The minimum Gasteiger partial charge on any atom is -0.435 e. The van der Waals surface area contributed by atoms with E-state index in [-0.39, 0.29) is 23.3 Å². The van der Waals surface area contributed by atoms with E-state index in [4.69, 9.17) is 4.74 Å². The SMILES string of the molecule is O=S(=O)(NCC1CCCO1)c1cccc(OC(F)F)c1. The van der Waals surface area contributed by atoms with Gasteiger partial charge in [0.2, 0.25) is 10.0 Å². The highest BCUT2D eigenvalue weighted by Gasteiger charge is 2.20. The van der Waals surface area contributed by atoms with E-state index in [1.807, 2.05) is 0 Å². The zero-order valence-electron chi connectivity index (χ0n) is 10.6. The van der Waals surface area contributed by atoms with Crippen LogP contribution in [0.25, 0.3) is 0 Å². The van der Waals surface area contributed by atoms with Crippen molar-refractivity contribution in [2.75, 3.05) is 13.2 Å². The molecular weight excluding hydrogens is 292 g/mol. The van der Waals surface area contributed by atoms with Crippen molar-refractivity contribution in [3.05, 3.63) is 24.3 Å². The lowest BCUT2D eigenvalue weighted by molar-refractivity contribution is -0.0499. The van der Waals surface area contributed by atoms with Crippen molar-refractivity contribution in [3.63, 3.8) is 0 Å². The van der Waals surface area contributed by atoms with Crippen LogP contribution in [0.4, 0.5) is 8.78 Å². The lowest BCUT2D eigenvalue weighted by Crippen LogP contribution is -2.31. The summed E-state index contributed by atoms with van der Waals surface area (Å²) in [7, 11) is -3.76. The molecule has 1 aliphatic rings. The summed E-state index contributed by atoms with van der Waals surface area (Å²) >= 11 is 0. The van der Waals surface area contributed by atoms with Gasteiger partial charge in [-0.2, -0.15) is 8.78 Å². The first-order chi connectivity index (χ1) is 9.47. The third-order valence-electron chi connectivity index (χ3n) is 2.87. The predicted octanol–water partition coefficient (Wildman–Crippen LogP) is 1.75. The van der Waals surface area contributed by atoms with Crippen LogP contribution in [-0.2, 0) is 14.8 Å². The predicted molar refractivity (Wildman–Crippen MR) is 67.2 cm³/mol. The summed E-state index contributed by atoms with van der Waals surface area (Å²) in [5, 5.41) is 0. The number of sulfonamides is 1. The fourth-order valence-electron chi connectivity index (χ4n) is 1.91. The second kappa shape index (κ2) is 6.47. The molecule has 0 spiro atoms. The molecule has 0 amide bonds. The largest absolute Gasteiger partial charge is 0.435 e. The van der Waals surface area contributed by atoms with Crippen molar-refractivity contribution in [1.29, 1.82) is 0 Å². The molecule has 5 nitrogen and oxygen atoms in total. The molecule has 1 heterocycles. The quantitative estimate of drug-likeness (QED) is 0.869. The second-order valence-corrected chi connectivity index (χ2v) is 6.11. The monoisotopic (exact) mass is 307 g/mol. The third kappa shape index (κ3) is 4.12. The van der Waals surface area contributed by atoms with Gasteiger partial charge in [-0.25, -0.2) is 13.1 Å². The van der Waals surface area contributed by atoms with Gasteiger partial charge in [0.15, 0.2) is 0 Å². The van der Waals surface area contributed by atoms with Gasteiger partial charge in [0.25, 0.3) is 0 Å². The molecule has 112 valence electrons. The molecule has 0 saturated carbocycles. The van der Waals surface area contributed by atoms with Crippen LogP contribution in [0, 0.1) is 0 Å². The first-order valence-corrected chi connectivity index (χ1v) is 7.62. The number of hydrogen-bond acceptors (Lipinski definition) is 4. The van der Waals surface area contributed by atoms with Crippen LogP contribution in [0.2, 0.25) is 0 Å². The van der Waals surface area contributed by atoms with Crippen LogP contribution < -0.4 is 9.46 Å². The number of benzene rings is 1. The van der Waals surface area contributed by atoms with Gasteiger partial charge in [-0.1, -0.05) is 6.07 Å². The Morgan fingerprint density at radius 3 is 2.90 bits per heavy atom. The molecule has 1 aromatic carbocycles. The van der Waals surface area contributed by atoms with E-state index in [1.165, 1.54) is 18.2 Å². The van der Waals surface area contributed by atoms with Crippen LogP contribution in [0.1, 0.15) is 12.8 Å². The standard InChI is InChI=1S/C12H15F2NO4S/c13-12(14)19-9-3-1-5-11(7-9)20(16,17)15-8-10-4-2-6-18-10/h1,3,5,7,10,12,15H,2,4,6,8H2. The van der Waals surface area contributed by atoms with E-state index in [1.54, 1.807) is 0 Å². The molecule has 1 atom stereocenters. The van der Waals surface area contributed by atoms with Gasteiger partial charge in [0.1, 0.15) is 5.75 Å². The highest BCUT2D eigenvalue weighted by molar-refractivity contribution is 7.89. The van der Waals surface area contributed by atoms with Crippen molar-refractivity contribution in [2.45, 2.75) is 30.5 Å². The minimum absolute atomic E-state index is 0.117. The molecule has 8 heteroatoms. The highest BCUT2D eigenvalue weighted by atomic mass is 32.2. The molecule has 1 unspecified atom stereocenters. The highest BCUT2D eigenvalue weighted by Crippen LogP contribution is 2.19. The summed E-state index contributed by atoms with van der Waals surface area (Å²) in [6.45, 7) is -2.19. The molecule has 0 aliphatic carbocycles. The first kappa shape index (κ1) is 15.1. The topological polar surface area (TPSA) is 64.6 Å². The Labute approximate surface area is 115 Å². The van der Waals surface area contributed by atoms with Gasteiger partial charge in [0.05, 0.1) is 11.0 Å². The van der Waals surface area contributed by atoms with Gasteiger partial charge >= 0.3 is 6.61 Å². The van der Waals surface area contributed by atoms with E-state index >= 15 is 0 Å². The van der Waals surface area contributed by atoms with Crippen molar-refractivity contribution in [3.8, 4) is 5.75 Å². The molecule has 1 N–H and O–H groups in total. The van der Waals surface area contributed by atoms with Gasteiger partial charge in [-0.15, -0.1) is 0 Å². The Bertz CT molecular complexity index is 544. The first-order valence-electron chi connectivity index (χ1n) is 6.13. The summed E-state index contributed by atoms with van der Waals surface area (Å²) in [6.07, 6.45) is 1.58. The number of rotatable bonds is 6. The van der Waals surface area contributed by atoms with Crippen LogP contribution in [0.3, 0.4) is 0 Å². The fourth-order valence-corrected chi connectivity index (χ4v) is 3.01. The Balaban J connectivity index is 2.04. The number of nitrogens with one attached hydrogen (secondary N) is 1. The molecule has 0 radical (unpaired) electrons. The van der Waals surface area contributed by atoms with Crippen LogP contribution >= 0.6 is 0 Å². The zero-order chi connectivity index (χ0) is 14.6. The molecule has 2 rings (SSSR count). The fraction of sp³-hybridized carbons (Fsp3) is 0.500. The van der Waals surface area contributed by atoms with E-state index in [0.29, 0.717) is 6.61 Å². The Morgan fingerprint density at radius 2 is 2.25 bits per heavy atom. The number of halogens is 2. The van der Waals surface area contributed by atoms with Gasteiger partial charge in [-0.3, -0.25) is 0 Å². The average Bonchev–Trinajstić information content (AvgIpc) is 2.89. The molecule has 1 saturated heterocycles. The Kier molecular flexibility index (Phi) is 4.90. The third-order valence-corrected chi connectivity index (χ3v) is 4.29. The molecule has 0 aromatic heterocycles. The normalized spacial score (nSPS) is 19.4. The zero-order valence-corrected chi connectivity index (χ0v) is 11.4. The van der Waals surface area contributed by atoms with E-state index in [2.05, 4.69) is 9.46 Å². The van der Waals surface area contributed by atoms with E-state index in [0.717, 1.165) is 18.9 Å². The number of alkyl halides is 2. The molecule has 0 bridgehead atoms. The maximum atomic E-state index is 12.1. The molecule has 1 aliphatic heterocycles. The Hall–Kier alpha value is -1.25. The average molecular weight is 307 g/mol. The molecule has 1 aromatic rings. The lowest BCUT2D eigenvalue weighted by atomic mass is 10.2. The smallest absolute Gasteiger partial charge is 0.387 e. The maximum Gasteiger partial charge on any atom is 0.387 e.